The van der Waals surface area contributed by atoms with Crippen LogP contribution in [-0.4, -0.2) is 29.0 Å². The zero-order valence-electron chi connectivity index (χ0n) is 15.0. The van der Waals surface area contributed by atoms with E-state index in [2.05, 4.69) is 5.32 Å². The van der Waals surface area contributed by atoms with E-state index < -0.39 is 23.9 Å². The summed E-state index contributed by atoms with van der Waals surface area (Å²) in [6.07, 6.45) is 0.310. The van der Waals surface area contributed by atoms with Crippen LogP contribution in [0.5, 0.6) is 5.75 Å². The lowest BCUT2D eigenvalue weighted by molar-refractivity contribution is -0.152. The van der Waals surface area contributed by atoms with Gasteiger partial charge in [-0.2, -0.15) is 0 Å². The highest BCUT2D eigenvalue weighted by molar-refractivity contribution is 5.97. The maximum Gasteiger partial charge on any atom is 0.311 e. The molecule has 8 nitrogen and oxygen atoms in total. The van der Waals surface area contributed by atoms with Crippen LogP contribution in [0.3, 0.4) is 0 Å². The number of anilines is 1. The molecule has 1 unspecified atom stereocenters. The van der Waals surface area contributed by atoms with Crippen molar-refractivity contribution in [2.45, 2.75) is 19.4 Å². The van der Waals surface area contributed by atoms with Gasteiger partial charge in [-0.15, -0.1) is 0 Å². The maximum absolute atomic E-state index is 12.2. The Hall–Kier alpha value is -3.81. The largest absolute Gasteiger partial charge is 0.508 e. The minimum atomic E-state index is -1.02. The number of amides is 2. The number of rotatable bonds is 6. The lowest BCUT2D eigenvalue weighted by Crippen LogP contribution is -2.30. The number of carbonyl (C=O) groups is 3. The normalized spacial score (nSPS) is 11.8. The zero-order valence-corrected chi connectivity index (χ0v) is 15.0. The first-order valence-electron chi connectivity index (χ1n) is 8.43. The van der Waals surface area contributed by atoms with Crippen LogP contribution >= 0.6 is 0 Å². The second kappa shape index (κ2) is 7.83. The molecule has 0 saturated heterocycles. The Morgan fingerprint density at radius 1 is 1.18 bits per heavy atom. The monoisotopic (exact) mass is 382 g/mol. The van der Waals surface area contributed by atoms with Crippen LogP contribution < -0.4 is 11.1 Å². The minimum Gasteiger partial charge on any atom is -0.508 e. The summed E-state index contributed by atoms with van der Waals surface area (Å²) in [5, 5.41) is 12.7. The summed E-state index contributed by atoms with van der Waals surface area (Å²) in [6.45, 7) is 1.45. The standard InChI is InChI=1S/C20H18N2O6/c1-11(20(26)22-14-4-2-12(3-5-14)19(21)25)28-18(24)8-13-10-27-17-9-15(23)6-7-16(13)17/h2-7,9-11,23H,8H2,1H3,(H2,21,25)(H,22,26). The number of benzene rings is 2. The van der Waals surface area contributed by atoms with Crippen molar-refractivity contribution < 1.29 is 28.6 Å². The Kier molecular flexibility index (Phi) is 5.30. The van der Waals surface area contributed by atoms with E-state index in [1.165, 1.54) is 49.6 Å². The molecule has 2 amide bonds. The van der Waals surface area contributed by atoms with Crippen LogP contribution in [0.15, 0.2) is 53.1 Å². The molecule has 0 aliphatic carbocycles. The number of nitrogens with one attached hydrogen (secondary N) is 1. The molecule has 4 N–H and O–H groups in total. The molecule has 28 heavy (non-hydrogen) atoms. The number of primary amides is 1. The Bertz CT molecular complexity index is 1040. The number of phenols is 1. The van der Waals surface area contributed by atoms with E-state index in [4.69, 9.17) is 14.9 Å². The fraction of sp³-hybridized carbons (Fsp3) is 0.150. The van der Waals surface area contributed by atoms with Crippen LogP contribution in [-0.2, 0) is 20.7 Å². The summed E-state index contributed by atoms with van der Waals surface area (Å²) in [5.41, 5.74) is 6.97. The summed E-state index contributed by atoms with van der Waals surface area (Å²) < 4.78 is 10.5. The first-order chi connectivity index (χ1) is 13.3. The van der Waals surface area contributed by atoms with Crippen molar-refractivity contribution in [1.82, 2.24) is 0 Å². The van der Waals surface area contributed by atoms with Crippen molar-refractivity contribution in [3.05, 3.63) is 59.9 Å². The highest BCUT2D eigenvalue weighted by Crippen LogP contribution is 2.25. The molecule has 0 fully saturated rings. The Morgan fingerprint density at radius 2 is 1.89 bits per heavy atom. The van der Waals surface area contributed by atoms with Crippen molar-refractivity contribution in [3.8, 4) is 5.75 Å². The summed E-state index contributed by atoms with van der Waals surface area (Å²) in [6, 6.07) is 10.6. The smallest absolute Gasteiger partial charge is 0.311 e. The SMILES string of the molecule is CC(OC(=O)Cc1coc2cc(O)ccc12)C(=O)Nc1ccc(C(N)=O)cc1. The molecule has 144 valence electrons. The van der Waals surface area contributed by atoms with Crippen LogP contribution in [0, 0.1) is 0 Å². The minimum absolute atomic E-state index is 0.0603. The van der Waals surface area contributed by atoms with Crippen molar-refractivity contribution in [3.63, 3.8) is 0 Å². The summed E-state index contributed by atoms with van der Waals surface area (Å²) in [5.74, 6) is -1.61. The van der Waals surface area contributed by atoms with Crippen LogP contribution in [0.4, 0.5) is 5.69 Å². The van der Waals surface area contributed by atoms with Crippen LogP contribution in [0.2, 0.25) is 0 Å². The molecule has 0 radical (unpaired) electrons. The van der Waals surface area contributed by atoms with Gasteiger partial charge in [0.05, 0.1) is 12.7 Å². The van der Waals surface area contributed by atoms with E-state index in [1.54, 1.807) is 6.07 Å². The van der Waals surface area contributed by atoms with Gasteiger partial charge in [0.2, 0.25) is 5.91 Å². The molecule has 3 aromatic rings. The first-order valence-corrected chi connectivity index (χ1v) is 8.43. The highest BCUT2D eigenvalue weighted by atomic mass is 16.5. The van der Waals surface area contributed by atoms with Crippen LogP contribution in [0.1, 0.15) is 22.8 Å². The van der Waals surface area contributed by atoms with Gasteiger partial charge >= 0.3 is 5.97 Å². The number of hydrogen-bond donors (Lipinski definition) is 3. The Morgan fingerprint density at radius 3 is 2.57 bits per heavy atom. The van der Waals surface area contributed by atoms with Crippen molar-refractivity contribution in [1.29, 1.82) is 0 Å². The van der Waals surface area contributed by atoms with E-state index in [1.807, 2.05) is 0 Å². The number of carbonyl (C=O) groups excluding carboxylic acids is 3. The van der Waals surface area contributed by atoms with E-state index in [0.717, 1.165) is 0 Å². The molecule has 3 rings (SSSR count). The molecule has 0 aliphatic heterocycles. The third-order valence-corrected chi connectivity index (χ3v) is 4.09. The number of phenolic OH excluding ortho intramolecular Hbond substituents is 1. The average Bonchev–Trinajstić information content (AvgIpc) is 3.03. The van der Waals surface area contributed by atoms with Crippen molar-refractivity contribution in [2.75, 3.05) is 5.32 Å². The van der Waals surface area contributed by atoms with E-state index in [0.29, 0.717) is 27.8 Å². The quantitative estimate of drug-likeness (QED) is 0.561. The van der Waals surface area contributed by atoms with Gasteiger partial charge in [0, 0.05) is 28.3 Å². The molecule has 1 heterocycles. The molecule has 0 saturated carbocycles. The van der Waals surface area contributed by atoms with E-state index in [9.17, 15) is 19.5 Å². The molecule has 1 aromatic heterocycles. The number of aromatic hydroxyl groups is 1. The van der Waals surface area contributed by atoms with E-state index in [-0.39, 0.29) is 12.2 Å². The Balaban J connectivity index is 1.58. The fourth-order valence-corrected chi connectivity index (χ4v) is 2.62. The van der Waals surface area contributed by atoms with Gasteiger partial charge in [-0.25, -0.2) is 0 Å². The third-order valence-electron chi connectivity index (χ3n) is 4.09. The van der Waals surface area contributed by atoms with Gasteiger partial charge in [0.15, 0.2) is 6.10 Å². The average molecular weight is 382 g/mol. The van der Waals surface area contributed by atoms with Gasteiger partial charge in [0.1, 0.15) is 11.3 Å². The molecular formula is C20H18N2O6. The topological polar surface area (TPSA) is 132 Å². The number of ether oxygens (including phenoxy) is 1. The van der Waals surface area contributed by atoms with Gasteiger partial charge in [-0.3, -0.25) is 14.4 Å². The van der Waals surface area contributed by atoms with Gasteiger partial charge in [0.25, 0.3) is 5.91 Å². The number of esters is 1. The predicted octanol–water partition coefficient (Wildman–Crippen LogP) is 2.35. The van der Waals surface area contributed by atoms with Gasteiger partial charge in [-0.05, 0) is 43.3 Å². The fourth-order valence-electron chi connectivity index (χ4n) is 2.62. The second-order valence-corrected chi connectivity index (χ2v) is 6.18. The first kappa shape index (κ1) is 19.0. The molecule has 0 bridgehead atoms. The number of nitrogens with two attached hydrogens (primary N) is 1. The lowest BCUT2D eigenvalue weighted by atomic mass is 10.1. The van der Waals surface area contributed by atoms with Crippen LogP contribution in [0.25, 0.3) is 11.0 Å². The summed E-state index contributed by atoms with van der Waals surface area (Å²) in [7, 11) is 0. The van der Waals surface area contributed by atoms with Gasteiger partial charge < -0.3 is 25.3 Å². The molecule has 8 heteroatoms. The lowest BCUT2D eigenvalue weighted by Gasteiger charge is -2.13. The summed E-state index contributed by atoms with van der Waals surface area (Å²) in [4.78, 5) is 35.4. The van der Waals surface area contributed by atoms with Crippen molar-refractivity contribution in [2.24, 2.45) is 5.73 Å². The van der Waals surface area contributed by atoms with Gasteiger partial charge in [-0.1, -0.05) is 0 Å². The van der Waals surface area contributed by atoms with E-state index >= 15 is 0 Å². The molecular weight excluding hydrogens is 364 g/mol. The second-order valence-electron chi connectivity index (χ2n) is 6.18. The third kappa shape index (κ3) is 4.29. The Labute approximate surface area is 159 Å². The maximum atomic E-state index is 12.2. The molecule has 0 aliphatic rings. The molecule has 1 atom stereocenters. The number of furan rings is 1. The zero-order chi connectivity index (χ0) is 20.3. The van der Waals surface area contributed by atoms with Crippen molar-refractivity contribution >= 4 is 34.4 Å². The summed E-state index contributed by atoms with van der Waals surface area (Å²) >= 11 is 0. The highest BCUT2D eigenvalue weighted by Gasteiger charge is 2.19. The number of fused-ring (bicyclic) bond motifs is 1. The number of hydrogen-bond acceptors (Lipinski definition) is 6. The molecule has 2 aromatic carbocycles. The molecule has 0 spiro atoms. The predicted molar refractivity (Wildman–Crippen MR) is 101 cm³/mol.